The molecular weight excluding hydrogens is 262 g/mol. The van der Waals surface area contributed by atoms with Crippen LogP contribution >= 0.6 is 0 Å². The highest BCUT2D eigenvalue weighted by Crippen LogP contribution is 2.13. The summed E-state index contributed by atoms with van der Waals surface area (Å²) in [6.45, 7) is 5.99. The van der Waals surface area contributed by atoms with Crippen LogP contribution in [0.3, 0.4) is 0 Å². The highest BCUT2D eigenvalue weighted by Gasteiger charge is 2.18. The topological polar surface area (TPSA) is 84.7 Å². The van der Waals surface area contributed by atoms with Gasteiger partial charge in [0.2, 0.25) is 0 Å². The zero-order chi connectivity index (χ0) is 14.7. The Hall–Kier alpha value is -1.89. The minimum Gasteiger partial charge on any atom is -0.481 e. The van der Waals surface area contributed by atoms with Crippen LogP contribution in [0.2, 0.25) is 0 Å². The molecule has 7 heteroatoms. The fourth-order valence-corrected chi connectivity index (χ4v) is 2.47. The second kappa shape index (κ2) is 6.04. The number of aryl methyl sites for hydroxylation is 1. The fraction of sp³-hybridized carbons (Fsp3) is 0.615. The maximum absolute atomic E-state index is 12.1. The largest absolute Gasteiger partial charge is 0.481 e. The number of morpholine rings is 1. The predicted octanol–water partition coefficient (Wildman–Crippen LogP) is -0.154. The van der Waals surface area contributed by atoms with Crippen molar-refractivity contribution in [1.82, 2.24) is 9.66 Å². The van der Waals surface area contributed by atoms with Gasteiger partial charge in [-0.25, -0.2) is 9.47 Å². The molecule has 2 rings (SSSR count). The van der Waals surface area contributed by atoms with E-state index in [4.69, 9.17) is 9.84 Å². The molecule has 1 aromatic heterocycles. The molecule has 0 saturated carbocycles. The van der Waals surface area contributed by atoms with E-state index in [0.29, 0.717) is 38.4 Å². The van der Waals surface area contributed by atoms with Crippen molar-refractivity contribution in [2.24, 2.45) is 0 Å². The van der Waals surface area contributed by atoms with Gasteiger partial charge >= 0.3 is 11.7 Å². The Morgan fingerprint density at radius 2 is 2.00 bits per heavy atom. The van der Waals surface area contributed by atoms with Crippen LogP contribution in [0.1, 0.15) is 23.4 Å². The van der Waals surface area contributed by atoms with Crippen LogP contribution in [0.4, 0.5) is 0 Å². The number of nitrogens with zero attached hydrogens (tertiary/aromatic N) is 3. The summed E-state index contributed by atoms with van der Waals surface area (Å²) in [4.78, 5) is 26.9. The Balaban J connectivity index is 2.38. The Morgan fingerprint density at radius 1 is 1.35 bits per heavy atom. The molecule has 1 aromatic rings. The highest BCUT2D eigenvalue weighted by atomic mass is 16.5. The predicted molar refractivity (Wildman–Crippen MR) is 72.7 cm³/mol. The van der Waals surface area contributed by atoms with Gasteiger partial charge in [0, 0.05) is 17.8 Å². The van der Waals surface area contributed by atoms with Gasteiger partial charge in [0.05, 0.1) is 26.3 Å². The van der Waals surface area contributed by atoms with Crippen LogP contribution in [0.25, 0.3) is 0 Å². The summed E-state index contributed by atoms with van der Waals surface area (Å²) in [6, 6.07) is 0. The van der Waals surface area contributed by atoms with E-state index >= 15 is 0 Å². The normalized spacial score (nSPS) is 15.4. The van der Waals surface area contributed by atoms with Crippen LogP contribution in [0.15, 0.2) is 4.79 Å². The van der Waals surface area contributed by atoms with Gasteiger partial charge in [0.15, 0.2) is 0 Å². The van der Waals surface area contributed by atoms with E-state index in [1.807, 2.05) is 11.9 Å². The average Bonchev–Trinajstić information content (AvgIpc) is 2.38. The van der Waals surface area contributed by atoms with Crippen molar-refractivity contribution in [3.05, 3.63) is 27.4 Å². The van der Waals surface area contributed by atoms with Gasteiger partial charge in [-0.1, -0.05) is 0 Å². The molecule has 1 N–H and O–H groups in total. The Morgan fingerprint density at radius 3 is 2.60 bits per heavy atom. The average molecular weight is 281 g/mol. The Bertz CT molecular complexity index is 561. The lowest BCUT2D eigenvalue weighted by Gasteiger charge is -2.32. The van der Waals surface area contributed by atoms with Gasteiger partial charge in [0.1, 0.15) is 0 Å². The lowest BCUT2D eigenvalue weighted by atomic mass is 10.1. The third-order valence-electron chi connectivity index (χ3n) is 3.49. The summed E-state index contributed by atoms with van der Waals surface area (Å²) < 4.78 is 6.83. The van der Waals surface area contributed by atoms with E-state index in [2.05, 4.69) is 4.98 Å². The van der Waals surface area contributed by atoms with Crippen molar-refractivity contribution >= 4 is 5.97 Å². The van der Waals surface area contributed by atoms with Crippen molar-refractivity contribution in [2.75, 3.05) is 31.3 Å². The molecule has 0 aliphatic carbocycles. The molecule has 1 fully saturated rings. The van der Waals surface area contributed by atoms with Gasteiger partial charge in [-0.3, -0.25) is 4.79 Å². The van der Waals surface area contributed by atoms with E-state index in [1.54, 1.807) is 11.6 Å². The van der Waals surface area contributed by atoms with Gasteiger partial charge in [-0.2, -0.15) is 4.98 Å². The third-order valence-corrected chi connectivity index (χ3v) is 3.49. The Kier molecular flexibility index (Phi) is 4.39. The number of ether oxygens (including phenoxy) is 1. The van der Waals surface area contributed by atoms with Gasteiger partial charge in [-0.05, 0) is 25.8 Å². The first-order valence-electron chi connectivity index (χ1n) is 6.64. The maximum atomic E-state index is 12.1. The molecule has 2 heterocycles. The van der Waals surface area contributed by atoms with E-state index < -0.39 is 5.97 Å². The van der Waals surface area contributed by atoms with Crippen LogP contribution in [0.5, 0.6) is 0 Å². The van der Waals surface area contributed by atoms with Crippen LogP contribution in [-0.2, 0) is 16.0 Å². The zero-order valence-corrected chi connectivity index (χ0v) is 11.8. The van der Waals surface area contributed by atoms with E-state index in [9.17, 15) is 9.59 Å². The van der Waals surface area contributed by atoms with Crippen LogP contribution in [0, 0.1) is 13.8 Å². The molecule has 7 nitrogen and oxygen atoms in total. The number of carbonyl (C=O) groups is 1. The smallest absolute Gasteiger partial charge is 0.366 e. The second-order valence-electron chi connectivity index (χ2n) is 4.82. The van der Waals surface area contributed by atoms with Gasteiger partial charge in [0.25, 0.3) is 0 Å². The molecule has 1 saturated heterocycles. The third kappa shape index (κ3) is 2.98. The summed E-state index contributed by atoms with van der Waals surface area (Å²) in [7, 11) is 0. The first-order chi connectivity index (χ1) is 9.50. The number of carboxylic acid groups (broad SMARTS) is 1. The van der Waals surface area contributed by atoms with Crippen LogP contribution < -0.4 is 10.7 Å². The SMILES string of the molecule is Cc1nc(=O)n(N2CCOCC2)c(C)c1CCC(=O)O. The molecule has 1 aliphatic rings. The summed E-state index contributed by atoms with van der Waals surface area (Å²) in [5.41, 5.74) is 1.89. The highest BCUT2D eigenvalue weighted by molar-refractivity contribution is 5.67. The van der Waals surface area contributed by atoms with E-state index in [1.165, 1.54) is 0 Å². The molecule has 0 unspecified atom stereocenters. The fourth-order valence-electron chi connectivity index (χ4n) is 2.47. The number of hydrogen-bond donors (Lipinski definition) is 1. The molecule has 0 radical (unpaired) electrons. The van der Waals surface area contributed by atoms with Crippen molar-refractivity contribution in [1.29, 1.82) is 0 Å². The summed E-state index contributed by atoms with van der Waals surface area (Å²) in [5.74, 6) is -0.854. The van der Waals surface area contributed by atoms with Crippen molar-refractivity contribution in [3.8, 4) is 0 Å². The van der Waals surface area contributed by atoms with Crippen molar-refractivity contribution in [2.45, 2.75) is 26.7 Å². The van der Waals surface area contributed by atoms with Crippen molar-refractivity contribution < 1.29 is 14.6 Å². The summed E-state index contributed by atoms with van der Waals surface area (Å²) in [6.07, 6.45) is 0.412. The first-order valence-corrected chi connectivity index (χ1v) is 6.64. The summed E-state index contributed by atoms with van der Waals surface area (Å²) >= 11 is 0. The van der Waals surface area contributed by atoms with Crippen molar-refractivity contribution in [3.63, 3.8) is 0 Å². The molecule has 0 spiro atoms. The number of hydrogen-bond acceptors (Lipinski definition) is 5. The van der Waals surface area contributed by atoms with E-state index in [0.717, 1.165) is 11.3 Å². The first kappa shape index (κ1) is 14.5. The lowest BCUT2D eigenvalue weighted by molar-refractivity contribution is -0.136. The minimum absolute atomic E-state index is 0.0324. The molecule has 0 aromatic carbocycles. The van der Waals surface area contributed by atoms with Gasteiger partial charge in [-0.15, -0.1) is 0 Å². The zero-order valence-electron chi connectivity index (χ0n) is 11.8. The van der Waals surface area contributed by atoms with E-state index in [-0.39, 0.29) is 12.1 Å². The second-order valence-corrected chi connectivity index (χ2v) is 4.82. The molecule has 1 aliphatic heterocycles. The molecule has 0 amide bonds. The minimum atomic E-state index is -0.854. The number of aromatic nitrogens is 2. The molecule has 110 valence electrons. The number of rotatable bonds is 4. The summed E-state index contributed by atoms with van der Waals surface area (Å²) in [5, 5.41) is 10.7. The number of carboxylic acids is 1. The monoisotopic (exact) mass is 281 g/mol. The quantitative estimate of drug-likeness (QED) is 0.826. The maximum Gasteiger partial charge on any atom is 0.366 e. The Labute approximate surface area is 116 Å². The number of aliphatic carboxylic acids is 1. The van der Waals surface area contributed by atoms with Gasteiger partial charge < -0.3 is 14.9 Å². The standard InChI is InChI=1S/C13H19N3O4/c1-9-11(3-4-12(17)18)10(2)16(13(19)14-9)15-5-7-20-8-6-15/h3-8H2,1-2H3,(H,17,18). The molecular formula is C13H19N3O4. The lowest BCUT2D eigenvalue weighted by Crippen LogP contribution is -2.50. The molecule has 0 atom stereocenters. The molecule has 20 heavy (non-hydrogen) atoms. The van der Waals surface area contributed by atoms with Crippen LogP contribution in [-0.4, -0.2) is 47.0 Å². The molecule has 0 bridgehead atoms.